The van der Waals surface area contributed by atoms with Gasteiger partial charge in [0.05, 0.1) is 29.6 Å². The van der Waals surface area contributed by atoms with Gasteiger partial charge in [-0.1, -0.05) is 30.3 Å². The molecule has 30 heavy (non-hydrogen) atoms. The Hall–Kier alpha value is -2.70. The summed E-state index contributed by atoms with van der Waals surface area (Å²) in [4.78, 5) is 24.9. The molecule has 4 heterocycles. The summed E-state index contributed by atoms with van der Waals surface area (Å²) in [5.41, 5.74) is 5.27. The van der Waals surface area contributed by atoms with Gasteiger partial charge in [-0.05, 0) is 43.0 Å². The maximum absolute atomic E-state index is 13.9. The Morgan fingerprint density at radius 2 is 2.03 bits per heavy atom. The van der Waals surface area contributed by atoms with Crippen molar-refractivity contribution in [3.05, 3.63) is 59.5 Å². The molecule has 0 aliphatic carbocycles. The number of nitrogens with zero attached hydrogens (tertiary/aromatic N) is 2. The molecule has 154 valence electrons. The number of para-hydroxylation sites is 1. The minimum Gasteiger partial charge on any atom is -0.356 e. The number of hydroxylamine groups is 2. The number of H-pyrrole nitrogens is 1. The summed E-state index contributed by atoms with van der Waals surface area (Å²) in [5, 5.41) is 3.05. The van der Waals surface area contributed by atoms with E-state index in [0.29, 0.717) is 0 Å². The van der Waals surface area contributed by atoms with Crippen LogP contribution in [0.4, 0.5) is 4.39 Å². The summed E-state index contributed by atoms with van der Waals surface area (Å²) in [5.74, 6) is -0.142. The van der Waals surface area contributed by atoms with Crippen LogP contribution in [0.2, 0.25) is 0 Å². The van der Waals surface area contributed by atoms with Crippen molar-refractivity contribution in [2.45, 2.75) is 38.0 Å². The Labute approximate surface area is 174 Å². The Morgan fingerprint density at radius 1 is 1.20 bits per heavy atom. The quantitative estimate of drug-likeness (QED) is 0.664. The highest BCUT2D eigenvalue weighted by molar-refractivity contribution is 5.97. The van der Waals surface area contributed by atoms with Crippen LogP contribution >= 0.6 is 0 Å². The molecule has 1 aromatic heterocycles. The Morgan fingerprint density at radius 3 is 2.87 bits per heavy atom. The van der Waals surface area contributed by atoms with Crippen molar-refractivity contribution >= 4 is 16.8 Å². The first kappa shape index (κ1) is 18.1. The van der Waals surface area contributed by atoms with Crippen LogP contribution in [-0.2, 0) is 16.1 Å². The van der Waals surface area contributed by atoms with Crippen molar-refractivity contribution < 1.29 is 14.0 Å². The van der Waals surface area contributed by atoms with Gasteiger partial charge in [0.2, 0.25) is 5.91 Å². The SMILES string of the molecule is C[C@@H]1ON(C)[C@H]2C[C@H]3c4[nH]c5c(-c6cccc(F)c6)cccc5c4CCN3C(=O)[C@@H]12. The molecule has 1 amide bonds. The van der Waals surface area contributed by atoms with Crippen LogP contribution < -0.4 is 0 Å². The normalized spacial score (nSPS) is 28.5. The summed E-state index contributed by atoms with van der Waals surface area (Å²) >= 11 is 0. The number of aromatic nitrogens is 1. The van der Waals surface area contributed by atoms with E-state index >= 15 is 0 Å². The largest absolute Gasteiger partial charge is 0.356 e. The third kappa shape index (κ3) is 2.44. The first-order valence-corrected chi connectivity index (χ1v) is 10.6. The molecule has 0 saturated carbocycles. The van der Waals surface area contributed by atoms with Gasteiger partial charge in [-0.2, -0.15) is 5.06 Å². The van der Waals surface area contributed by atoms with E-state index in [4.69, 9.17) is 4.84 Å². The molecule has 2 aromatic carbocycles. The number of hydrogen-bond acceptors (Lipinski definition) is 3. The number of piperidine rings is 1. The second-order valence-electron chi connectivity index (χ2n) is 8.74. The number of hydrogen-bond donors (Lipinski definition) is 1. The molecule has 2 fully saturated rings. The molecule has 4 atom stereocenters. The van der Waals surface area contributed by atoms with E-state index in [0.717, 1.165) is 41.7 Å². The number of aromatic amines is 1. The van der Waals surface area contributed by atoms with Gasteiger partial charge < -0.3 is 9.88 Å². The third-order valence-corrected chi connectivity index (χ3v) is 7.17. The van der Waals surface area contributed by atoms with Gasteiger partial charge >= 0.3 is 0 Å². The fourth-order valence-electron chi connectivity index (χ4n) is 5.82. The lowest BCUT2D eigenvalue weighted by atomic mass is 9.80. The van der Waals surface area contributed by atoms with Gasteiger partial charge in [-0.25, -0.2) is 4.39 Å². The molecule has 0 radical (unpaired) electrons. The fourth-order valence-corrected chi connectivity index (χ4v) is 5.82. The topological polar surface area (TPSA) is 48.6 Å². The van der Waals surface area contributed by atoms with E-state index in [1.807, 2.05) is 42.1 Å². The lowest BCUT2D eigenvalue weighted by molar-refractivity contribution is -0.146. The summed E-state index contributed by atoms with van der Waals surface area (Å²) in [6, 6.07) is 13.0. The molecule has 6 rings (SSSR count). The van der Waals surface area contributed by atoms with Crippen molar-refractivity contribution in [3.63, 3.8) is 0 Å². The smallest absolute Gasteiger partial charge is 0.230 e. The van der Waals surface area contributed by atoms with E-state index in [1.165, 1.54) is 17.0 Å². The van der Waals surface area contributed by atoms with Gasteiger partial charge in [0.25, 0.3) is 0 Å². The van der Waals surface area contributed by atoms with Gasteiger partial charge in [0, 0.05) is 30.2 Å². The van der Waals surface area contributed by atoms with Crippen LogP contribution in [0.3, 0.4) is 0 Å². The van der Waals surface area contributed by atoms with Gasteiger partial charge in [0.1, 0.15) is 5.82 Å². The third-order valence-electron chi connectivity index (χ3n) is 7.17. The highest BCUT2D eigenvalue weighted by Crippen LogP contribution is 2.46. The predicted octanol–water partition coefficient (Wildman–Crippen LogP) is 4.05. The van der Waals surface area contributed by atoms with Gasteiger partial charge in [0.15, 0.2) is 0 Å². The standard InChI is InChI=1S/C24H24FN3O2/c1-13-21-19(27(2)30-13)12-20-23-18(9-10-28(20)24(21)29)17-8-4-7-16(22(17)26-23)14-5-3-6-15(25)11-14/h3-8,11,13,19-21,26H,9-10,12H2,1-2H3/t13-,19-,20-,21-/m0/s1. The number of halogens is 1. The van der Waals surface area contributed by atoms with Gasteiger partial charge in [-0.15, -0.1) is 0 Å². The predicted molar refractivity (Wildman–Crippen MR) is 112 cm³/mol. The monoisotopic (exact) mass is 405 g/mol. The number of fused-ring (bicyclic) bond motifs is 6. The molecular formula is C24H24FN3O2. The van der Waals surface area contributed by atoms with Crippen LogP contribution in [0.5, 0.6) is 0 Å². The maximum atomic E-state index is 13.9. The average molecular weight is 405 g/mol. The fraction of sp³-hybridized carbons (Fsp3) is 0.375. The summed E-state index contributed by atoms with van der Waals surface area (Å²) in [7, 11) is 1.93. The lowest BCUT2D eigenvalue weighted by Crippen LogP contribution is -2.54. The average Bonchev–Trinajstić information content (AvgIpc) is 3.25. The van der Waals surface area contributed by atoms with Crippen molar-refractivity contribution in [2.75, 3.05) is 13.6 Å². The molecule has 0 unspecified atom stereocenters. The van der Waals surface area contributed by atoms with Crippen LogP contribution in [0.15, 0.2) is 42.5 Å². The second-order valence-corrected chi connectivity index (χ2v) is 8.74. The molecule has 0 bridgehead atoms. The van der Waals surface area contributed by atoms with E-state index in [2.05, 4.69) is 11.1 Å². The highest BCUT2D eigenvalue weighted by atomic mass is 19.1. The first-order valence-electron chi connectivity index (χ1n) is 10.6. The molecule has 3 aliphatic heterocycles. The van der Waals surface area contributed by atoms with Crippen LogP contribution in [0.25, 0.3) is 22.0 Å². The van der Waals surface area contributed by atoms with E-state index in [9.17, 15) is 9.18 Å². The molecule has 1 N–H and O–H groups in total. The molecule has 2 saturated heterocycles. The molecule has 0 spiro atoms. The second kappa shape index (κ2) is 6.40. The van der Waals surface area contributed by atoms with Crippen molar-refractivity contribution in [2.24, 2.45) is 5.92 Å². The number of nitrogens with one attached hydrogen (secondary N) is 1. The van der Waals surface area contributed by atoms with Crippen molar-refractivity contribution in [1.82, 2.24) is 14.9 Å². The van der Waals surface area contributed by atoms with Crippen molar-refractivity contribution in [1.29, 1.82) is 0 Å². The van der Waals surface area contributed by atoms with E-state index < -0.39 is 0 Å². The summed E-state index contributed by atoms with van der Waals surface area (Å²) in [6.45, 7) is 2.72. The number of amides is 1. The molecule has 3 aliphatic rings. The van der Waals surface area contributed by atoms with Crippen LogP contribution in [0.1, 0.15) is 30.6 Å². The number of rotatable bonds is 1. The number of carbonyl (C=O) groups is 1. The van der Waals surface area contributed by atoms with Crippen LogP contribution in [0, 0.1) is 11.7 Å². The summed E-state index contributed by atoms with van der Waals surface area (Å²) < 4.78 is 13.9. The summed E-state index contributed by atoms with van der Waals surface area (Å²) in [6.07, 6.45) is 1.59. The van der Waals surface area contributed by atoms with E-state index in [1.54, 1.807) is 12.1 Å². The zero-order valence-electron chi connectivity index (χ0n) is 17.1. The lowest BCUT2D eigenvalue weighted by Gasteiger charge is -2.44. The molecule has 6 heteroatoms. The number of carbonyl (C=O) groups excluding carboxylic acids is 1. The minimum absolute atomic E-state index is 0.0200. The zero-order valence-corrected chi connectivity index (χ0v) is 17.1. The van der Waals surface area contributed by atoms with Gasteiger partial charge in [-0.3, -0.25) is 9.63 Å². The zero-order chi connectivity index (χ0) is 20.6. The molecule has 3 aromatic rings. The Bertz CT molecular complexity index is 1170. The highest BCUT2D eigenvalue weighted by Gasteiger charge is 2.53. The molecular weight excluding hydrogens is 381 g/mol. The first-order chi connectivity index (χ1) is 14.5. The minimum atomic E-state index is -0.241. The van der Waals surface area contributed by atoms with E-state index in [-0.39, 0.29) is 35.8 Å². The Balaban J connectivity index is 1.48. The Kier molecular flexibility index (Phi) is 3.86. The maximum Gasteiger partial charge on any atom is 0.230 e. The van der Waals surface area contributed by atoms with Crippen LogP contribution in [-0.4, -0.2) is 46.6 Å². The molecule has 5 nitrogen and oxygen atoms in total. The number of benzene rings is 2. The van der Waals surface area contributed by atoms with Crippen molar-refractivity contribution in [3.8, 4) is 11.1 Å².